The lowest BCUT2D eigenvalue weighted by atomic mass is 10.1. The zero-order chi connectivity index (χ0) is 19.2. The largest absolute Gasteiger partial charge is 0.369 e. The first-order valence-electron chi connectivity index (χ1n) is 10.2. The van der Waals surface area contributed by atoms with Crippen LogP contribution in [0.2, 0.25) is 0 Å². The Kier molecular flexibility index (Phi) is 11.3. The van der Waals surface area contributed by atoms with Crippen LogP contribution in [0.3, 0.4) is 0 Å². The third-order valence-corrected chi connectivity index (χ3v) is 4.22. The first-order chi connectivity index (χ1) is 12.8. The van der Waals surface area contributed by atoms with E-state index in [1.807, 2.05) is 26.2 Å². The lowest BCUT2D eigenvalue weighted by molar-refractivity contribution is 0.589. The molecular formula is C22H36N4. The van der Waals surface area contributed by atoms with Gasteiger partial charge in [-0.15, -0.1) is 0 Å². The number of aromatic nitrogens is 2. The molecule has 1 aromatic heterocycles. The van der Waals surface area contributed by atoms with E-state index in [4.69, 9.17) is 0 Å². The van der Waals surface area contributed by atoms with Gasteiger partial charge in [0.1, 0.15) is 0 Å². The normalized spacial score (nSPS) is 13.2. The van der Waals surface area contributed by atoms with Gasteiger partial charge >= 0.3 is 0 Å². The van der Waals surface area contributed by atoms with Crippen molar-refractivity contribution in [1.82, 2.24) is 15.3 Å². The van der Waals surface area contributed by atoms with Crippen LogP contribution in [0.5, 0.6) is 0 Å². The van der Waals surface area contributed by atoms with Crippen molar-refractivity contribution in [2.75, 3.05) is 31.1 Å². The minimum atomic E-state index is 0.800. The molecule has 0 spiro atoms. The van der Waals surface area contributed by atoms with Gasteiger partial charge < -0.3 is 10.2 Å². The highest BCUT2D eigenvalue weighted by atomic mass is 15.2. The Hall–Kier alpha value is -1.94. The van der Waals surface area contributed by atoms with Crippen molar-refractivity contribution in [1.29, 1.82) is 0 Å². The summed E-state index contributed by atoms with van der Waals surface area (Å²) in [5, 5.41) is 3.37. The van der Waals surface area contributed by atoms with E-state index in [1.165, 1.54) is 24.1 Å². The summed E-state index contributed by atoms with van der Waals surface area (Å²) in [6.45, 7) is 14.7. The van der Waals surface area contributed by atoms with Crippen LogP contribution in [-0.2, 0) is 6.42 Å². The van der Waals surface area contributed by atoms with Gasteiger partial charge in [0.15, 0.2) is 5.82 Å². The minimum Gasteiger partial charge on any atom is -0.369 e. The van der Waals surface area contributed by atoms with Crippen molar-refractivity contribution < 1.29 is 0 Å². The van der Waals surface area contributed by atoms with E-state index in [9.17, 15) is 0 Å². The van der Waals surface area contributed by atoms with Crippen molar-refractivity contribution >= 4 is 5.69 Å². The predicted octanol–water partition coefficient (Wildman–Crippen LogP) is 4.95. The van der Waals surface area contributed by atoms with E-state index < -0.39 is 0 Å². The van der Waals surface area contributed by atoms with Gasteiger partial charge in [0, 0.05) is 49.8 Å². The molecule has 1 saturated heterocycles. The average molecular weight is 357 g/mol. The molecule has 0 radical (unpaired) electrons. The molecule has 1 aromatic carbocycles. The molecule has 3 rings (SSSR count). The summed E-state index contributed by atoms with van der Waals surface area (Å²) in [4.78, 5) is 11.3. The van der Waals surface area contributed by atoms with E-state index in [2.05, 4.69) is 65.2 Å². The maximum absolute atomic E-state index is 4.43. The number of hydrogen-bond donors (Lipinski definition) is 1. The molecule has 1 aliphatic rings. The quantitative estimate of drug-likeness (QED) is 0.842. The van der Waals surface area contributed by atoms with E-state index >= 15 is 0 Å². The first-order valence-corrected chi connectivity index (χ1v) is 10.2. The van der Waals surface area contributed by atoms with Crippen LogP contribution < -0.4 is 10.2 Å². The highest BCUT2D eigenvalue weighted by molar-refractivity contribution is 5.60. The Morgan fingerprint density at radius 3 is 1.88 bits per heavy atom. The SMILES string of the molecule is CC.CCCC.CCc1cnc(-c2ccc(N3CCNCC3)cc2)nc1. The fraction of sp³-hybridized carbons (Fsp3) is 0.545. The maximum atomic E-state index is 4.43. The van der Waals surface area contributed by atoms with Crippen LogP contribution in [0.25, 0.3) is 11.4 Å². The number of unbranched alkanes of at least 4 members (excludes halogenated alkanes) is 1. The van der Waals surface area contributed by atoms with E-state index in [1.54, 1.807) is 0 Å². The first kappa shape index (κ1) is 22.1. The molecule has 1 fully saturated rings. The topological polar surface area (TPSA) is 41.1 Å². The Labute approximate surface area is 160 Å². The molecular weight excluding hydrogens is 320 g/mol. The Balaban J connectivity index is 0.000000500. The number of anilines is 1. The molecule has 0 aliphatic carbocycles. The minimum absolute atomic E-state index is 0.800. The molecule has 0 bridgehead atoms. The number of nitrogens with one attached hydrogen (secondary N) is 1. The van der Waals surface area contributed by atoms with Gasteiger partial charge in [-0.2, -0.15) is 0 Å². The van der Waals surface area contributed by atoms with Crippen LogP contribution >= 0.6 is 0 Å². The second-order valence-corrected chi connectivity index (χ2v) is 6.05. The Morgan fingerprint density at radius 2 is 1.42 bits per heavy atom. The summed E-state index contributed by atoms with van der Waals surface area (Å²) in [6, 6.07) is 8.55. The fourth-order valence-electron chi connectivity index (χ4n) is 2.43. The zero-order valence-electron chi connectivity index (χ0n) is 17.3. The summed E-state index contributed by atoms with van der Waals surface area (Å²) in [5.41, 5.74) is 3.53. The molecule has 4 heteroatoms. The third-order valence-electron chi connectivity index (χ3n) is 4.22. The van der Waals surface area contributed by atoms with E-state index in [-0.39, 0.29) is 0 Å². The molecule has 4 nitrogen and oxygen atoms in total. The number of benzene rings is 1. The van der Waals surface area contributed by atoms with Gasteiger partial charge in [0.2, 0.25) is 0 Å². The standard InChI is InChI=1S/C16H20N4.C4H10.C2H6/c1-2-13-11-18-16(19-12-13)14-3-5-15(6-4-14)20-9-7-17-8-10-20;1-3-4-2;1-2/h3-6,11-12,17H,2,7-10H2,1H3;3-4H2,1-2H3;1-2H3. The molecule has 144 valence electrons. The van der Waals surface area contributed by atoms with Crippen molar-refractivity contribution in [2.45, 2.75) is 53.9 Å². The van der Waals surface area contributed by atoms with Crippen molar-refractivity contribution in [3.63, 3.8) is 0 Å². The Bertz CT molecular complexity index is 570. The maximum Gasteiger partial charge on any atom is 0.159 e. The molecule has 0 atom stereocenters. The van der Waals surface area contributed by atoms with Gasteiger partial charge in [-0.05, 0) is 36.2 Å². The number of nitrogens with zero attached hydrogens (tertiary/aromatic N) is 3. The lowest BCUT2D eigenvalue weighted by Gasteiger charge is -2.29. The van der Waals surface area contributed by atoms with Crippen LogP contribution in [0, 0.1) is 0 Å². The number of piperazine rings is 1. The zero-order valence-corrected chi connectivity index (χ0v) is 17.3. The van der Waals surface area contributed by atoms with Gasteiger partial charge in [0.05, 0.1) is 0 Å². The summed E-state index contributed by atoms with van der Waals surface area (Å²) < 4.78 is 0. The predicted molar refractivity (Wildman–Crippen MR) is 114 cm³/mol. The molecule has 26 heavy (non-hydrogen) atoms. The molecule has 0 amide bonds. The van der Waals surface area contributed by atoms with Crippen LogP contribution in [-0.4, -0.2) is 36.1 Å². The molecule has 0 saturated carbocycles. The van der Waals surface area contributed by atoms with Gasteiger partial charge in [0.25, 0.3) is 0 Å². The summed E-state index contributed by atoms with van der Waals surface area (Å²) >= 11 is 0. The van der Waals surface area contributed by atoms with E-state index in [0.717, 1.165) is 44.0 Å². The molecule has 0 unspecified atom stereocenters. The summed E-state index contributed by atoms with van der Waals surface area (Å²) in [7, 11) is 0. The van der Waals surface area contributed by atoms with Crippen molar-refractivity contribution in [3.05, 3.63) is 42.2 Å². The Morgan fingerprint density at radius 1 is 0.885 bits per heavy atom. The van der Waals surface area contributed by atoms with Crippen molar-refractivity contribution in [3.8, 4) is 11.4 Å². The van der Waals surface area contributed by atoms with Gasteiger partial charge in [-0.1, -0.05) is 47.5 Å². The number of rotatable bonds is 4. The third kappa shape index (κ3) is 7.12. The fourth-order valence-corrected chi connectivity index (χ4v) is 2.43. The summed E-state index contributed by atoms with van der Waals surface area (Å²) in [6.07, 6.45) is 7.43. The smallest absolute Gasteiger partial charge is 0.159 e. The van der Waals surface area contributed by atoms with Gasteiger partial charge in [-0.3, -0.25) is 0 Å². The summed E-state index contributed by atoms with van der Waals surface area (Å²) in [5.74, 6) is 0.800. The van der Waals surface area contributed by atoms with Crippen LogP contribution in [0.1, 0.15) is 53.0 Å². The van der Waals surface area contributed by atoms with Crippen LogP contribution in [0.4, 0.5) is 5.69 Å². The second-order valence-electron chi connectivity index (χ2n) is 6.05. The van der Waals surface area contributed by atoms with E-state index in [0.29, 0.717) is 0 Å². The molecule has 1 aliphatic heterocycles. The lowest BCUT2D eigenvalue weighted by Crippen LogP contribution is -2.43. The van der Waals surface area contributed by atoms with Crippen LogP contribution in [0.15, 0.2) is 36.7 Å². The number of hydrogen-bond acceptors (Lipinski definition) is 4. The average Bonchev–Trinajstić information content (AvgIpc) is 2.76. The monoisotopic (exact) mass is 356 g/mol. The molecule has 2 aromatic rings. The highest BCUT2D eigenvalue weighted by Crippen LogP contribution is 2.20. The van der Waals surface area contributed by atoms with Crippen molar-refractivity contribution in [2.24, 2.45) is 0 Å². The molecule has 1 N–H and O–H groups in total. The highest BCUT2D eigenvalue weighted by Gasteiger charge is 2.10. The molecule has 2 heterocycles. The second kappa shape index (κ2) is 13.3. The van der Waals surface area contributed by atoms with Gasteiger partial charge in [-0.25, -0.2) is 9.97 Å². The number of aryl methyl sites for hydroxylation is 1.